The first-order valence-electron chi connectivity index (χ1n) is 9.27. The molecule has 2 aromatic heterocycles. The first-order valence-corrected chi connectivity index (χ1v) is 10.3. The van der Waals surface area contributed by atoms with E-state index < -0.39 is 0 Å². The number of methoxy groups -OCH3 is 1. The summed E-state index contributed by atoms with van der Waals surface area (Å²) < 4.78 is 12.3. The molecule has 0 fully saturated rings. The van der Waals surface area contributed by atoms with Gasteiger partial charge in [0, 0.05) is 17.3 Å². The minimum Gasteiger partial charge on any atom is -0.497 e. The molecule has 0 saturated heterocycles. The molecule has 2 aromatic carbocycles. The van der Waals surface area contributed by atoms with E-state index in [4.69, 9.17) is 9.26 Å². The minimum absolute atomic E-state index is 0.179. The maximum atomic E-state index is 12.3. The first kappa shape index (κ1) is 19.8. The van der Waals surface area contributed by atoms with Crippen LogP contribution in [0.15, 0.2) is 76.5 Å². The van der Waals surface area contributed by atoms with Crippen LogP contribution in [0.25, 0.3) is 16.9 Å². The van der Waals surface area contributed by atoms with Crippen molar-refractivity contribution in [3.63, 3.8) is 0 Å². The summed E-state index contributed by atoms with van der Waals surface area (Å²) in [7, 11) is 1.64. The van der Waals surface area contributed by atoms with E-state index in [0.29, 0.717) is 11.6 Å². The molecule has 0 aliphatic rings. The number of carbonyl (C=O) groups is 1. The van der Waals surface area contributed by atoms with Gasteiger partial charge in [-0.05, 0) is 43.3 Å². The van der Waals surface area contributed by atoms with Gasteiger partial charge in [-0.3, -0.25) is 9.36 Å². The third kappa shape index (κ3) is 4.38. The quantitative estimate of drug-likeness (QED) is 0.441. The largest absolute Gasteiger partial charge is 0.497 e. The summed E-state index contributed by atoms with van der Waals surface area (Å²) in [4.78, 5) is 16.9. The molecule has 0 unspecified atom stereocenters. The molecule has 152 valence electrons. The SMILES string of the molecule is COc1ccc(-c2cnc(SCC(=O)Nc3cc(C)on3)n2-c2ccccc2)cc1. The van der Waals surface area contributed by atoms with E-state index in [0.717, 1.165) is 27.9 Å². The maximum Gasteiger partial charge on any atom is 0.236 e. The molecular weight excluding hydrogens is 400 g/mol. The van der Waals surface area contributed by atoms with Crippen molar-refractivity contribution in [3.05, 3.63) is 72.6 Å². The Kier molecular flexibility index (Phi) is 5.85. The lowest BCUT2D eigenvalue weighted by atomic mass is 10.1. The van der Waals surface area contributed by atoms with Gasteiger partial charge < -0.3 is 14.6 Å². The number of nitrogens with zero attached hydrogens (tertiary/aromatic N) is 3. The number of hydrogen-bond donors (Lipinski definition) is 1. The zero-order valence-corrected chi connectivity index (χ0v) is 17.3. The van der Waals surface area contributed by atoms with Crippen molar-refractivity contribution >= 4 is 23.5 Å². The molecule has 0 aliphatic heterocycles. The summed E-state index contributed by atoms with van der Waals surface area (Å²) in [5.74, 6) is 1.85. The van der Waals surface area contributed by atoms with E-state index in [1.54, 1.807) is 20.1 Å². The molecule has 4 rings (SSSR count). The predicted octanol–water partition coefficient (Wildman–Crippen LogP) is 4.58. The van der Waals surface area contributed by atoms with E-state index in [1.165, 1.54) is 11.8 Å². The van der Waals surface area contributed by atoms with Gasteiger partial charge >= 0.3 is 0 Å². The standard InChI is InChI=1S/C22H20N4O3S/c1-15-12-20(25-29-15)24-21(27)14-30-22-23-13-19(16-8-10-18(28-2)11-9-16)26(22)17-6-4-3-5-7-17/h3-13H,14H2,1-2H3,(H,24,25,27). The minimum atomic E-state index is -0.179. The van der Waals surface area contributed by atoms with Crippen LogP contribution in [-0.4, -0.2) is 33.5 Å². The highest BCUT2D eigenvalue weighted by Gasteiger charge is 2.16. The second-order valence-electron chi connectivity index (χ2n) is 6.49. The molecule has 1 amide bonds. The highest BCUT2D eigenvalue weighted by molar-refractivity contribution is 7.99. The van der Waals surface area contributed by atoms with Crippen LogP contribution >= 0.6 is 11.8 Å². The molecule has 0 atom stereocenters. The predicted molar refractivity (Wildman–Crippen MR) is 116 cm³/mol. The number of anilines is 1. The van der Waals surface area contributed by atoms with Gasteiger partial charge in [0.2, 0.25) is 5.91 Å². The van der Waals surface area contributed by atoms with Crippen LogP contribution in [0, 0.1) is 6.92 Å². The van der Waals surface area contributed by atoms with Crippen molar-refractivity contribution in [2.45, 2.75) is 12.1 Å². The van der Waals surface area contributed by atoms with Crippen molar-refractivity contribution in [1.82, 2.24) is 14.7 Å². The van der Waals surface area contributed by atoms with E-state index in [9.17, 15) is 4.79 Å². The molecule has 0 radical (unpaired) electrons. The number of benzene rings is 2. The van der Waals surface area contributed by atoms with Gasteiger partial charge in [0.1, 0.15) is 11.5 Å². The fourth-order valence-electron chi connectivity index (χ4n) is 2.96. The second kappa shape index (κ2) is 8.87. The summed E-state index contributed by atoms with van der Waals surface area (Å²) in [5, 5.41) is 7.24. The molecule has 0 bridgehead atoms. The van der Waals surface area contributed by atoms with Gasteiger partial charge in [-0.25, -0.2) is 4.98 Å². The zero-order chi connectivity index (χ0) is 20.9. The number of carbonyl (C=O) groups excluding carboxylic acids is 1. The van der Waals surface area contributed by atoms with Crippen LogP contribution in [0.5, 0.6) is 5.75 Å². The normalized spacial score (nSPS) is 10.7. The van der Waals surface area contributed by atoms with Gasteiger partial charge in [0.25, 0.3) is 0 Å². The van der Waals surface area contributed by atoms with Crippen LogP contribution in [0.1, 0.15) is 5.76 Å². The van der Waals surface area contributed by atoms with Crippen LogP contribution in [0.3, 0.4) is 0 Å². The molecule has 2 heterocycles. The average Bonchev–Trinajstić information content (AvgIpc) is 3.39. The van der Waals surface area contributed by atoms with Gasteiger partial charge in [-0.15, -0.1) is 0 Å². The average molecular weight is 420 g/mol. The maximum absolute atomic E-state index is 12.3. The number of rotatable bonds is 7. The summed E-state index contributed by atoms with van der Waals surface area (Å²) >= 11 is 1.36. The number of imidazole rings is 1. The monoisotopic (exact) mass is 420 g/mol. The van der Waals surface area contributed by atoms with Crippen LogP contribution in [0.2, 0.25) is 0 Å². The molecule has 4 aromatic rings. The molecule has 7 nitrogen and oxygen atoms in total. The van der Waals surface area contributed by atoms with Gasteiger partial charge in [-0.1, -0.05) is 35.1 Å². The van der Waals surface area contributed by atoms with Crippen molar-refractivity contribution in [1.29, 1.82) is 0 Å². The smallest absolute Gasteiger partial charge is 0.236 e. The molecule has 8 heteroatoms. The first-order chi connectivity index (χ1) is 14.6. The Morgan fingerprint density at radius 3 is 2.60 bits per heavy atom. The Balaban J connectivity index is 1.59. The lowest BCUT2D eigenvalue weighted by molar-refractivity contribution is -0.113. The number of nitrogens with one attached hydrogen (secondary N) is 1. The molecule has 1 N–H and O–H groups in total. The van der Waals surface area contributed by atoms with Crippen molar-refractivity contribution < 1.29 is 14.1 Å². The van der Waals surface area contributed by atoms with Crippen molar-refractivity contribution in [3.8, 4) is 22.7 Å². The molecule has 0 spiro atoms. The third-order valence-corrected chi connectivity index (χ3v) is 5.31. The lowest BCUT2D eigenvalue weighted by Crippen LogP contribution is -2.14. The van der Waals surface area contributed by atoms with Crippen LogP contribution in [0.4, 0.5) is 5.82 Å². The van der Waals surface area contributed by atoms with Gasteiger partial charge in [-0.2, -0.15) is 0 Å². The summed E-state index contributed by atoms with van der Waals surface area (Å²) in [6, 6.07) is 19.4. The summed E-state index contributed by atoms with van der Waals surface area (Å²) in [6.45, 7) is 1.77. The van der Waals surface area contributed by atoms with Gasteiger partial charge in [0.05, 0.1) is 24.8 Å². The van der Waals surface area contributed by atoms with E-state index >= 15 is 0 Å². The highest BCUT2D eigenvalue weighted by atomic mass is 32.2. The number of aromatic nitrogens is 3. The Morgan fingerprint density at radius 1 is 1.17 bits per heavy atom. The van der Waals surface area contributed by atoms with Crippen molar-refractivity contribution in [2.24, 2.45) is 0 Å². The Labute approximate surface area is 178 Å². The van der Waals surface area contributed by atoms with E-state index in [-0.39, 0.29) is 11.7 Å². The Morgan fingerprint density at radius 2 is 1.93 bits per heavy atom. The fourth-order valence-corrected chi connectivity index (χ4v) is 3.76. The zero-order valence-electron chi connectivity index (χ0n) is 16.5. The Bertz CT molecular complexity index is 1140. The van der Waals surface area contributed by atoms with Crippen molar-refractivity contribution in [2.75, 3.05) is 18.2 Å². The molecule has 0 aliphatic carbocycles. The van der Waals surface area contributed by atoms with E-state index in [2.05, 4.69) is 15.5 Å². The van der Waals surface area contributed by atoms with Gasteiger partial charge in [0.15, 0.2) is 11.0 Å². The summed E-state index contributed by atoms with van der Waals surface area (Å²) in [5.41, 5.74) is 2.90. The number of para-hydroxylation sites is 1. The van der Waals surface area contributed by atoms with Crippen LogP contribution in [-0.2, 0) is 4.79 Å². The number of thioether (sulfide) groups is 1. The molecular formula is C22H20N4O3S. The molecule has 0 saturated carbocycles. The number of amides is 1. The lowest BCUT2D eigenvalue weighted by Gasteiger charge is -2.12. The number of aryl methyl sites for hydroxylation is 1. The summed E-state index contributed by atoms with van der Waals surface area (Å²) in [6.07, 6.45) is 1.82. The number of hydrogen-bond acceptors (Lipinski definition) is 6. The second-order valence-corrected chi connectivity index (χ2v) is 7.43. The van der Waals surface area contributed by atoms with E-state index in [1.807, 2.05) is 65.4 Å². The topological polar surface area (TPSA) is 82.2 Å². The highest BCUT2D eigenvalue weighted by Crippen LogP contribution is 2.30. The number of ether oxygens (including phenoxy) is 1. The third-order valence-electron chi connectivity index (χ3n) is 4.36. The molecule has 30 heavy (non-hydrogen) atoms. The Hall–Kier alpha value is -3.52. The van der Waals surface area contributed by atoms with Crippen LogP contribution < -0.4 is 10.1 Å². The fraction of sp³-hybridized carbons (Fsp3) is 0.136.